The normalized spacial score (nSPS) is 15.8. The number of methoxy groups -OCH3 is 1. The lowest BCUT2D eigenvalue weighted by Gasteiger charge is -2.19. The molecule has 0 heterocycles. The number of hydrogen-bond acceptors (Lipinski definition) is 2. The fourth-order valence-corrected chi connectivity index (χ4v) is 2.75. The quantitative estimate of drug-likeness (QED) is 0.891. The average molecular weight is 306 g/mol. The van der Waals surface area contributed by atoms with Gasteiger partial charge in [0.2, 0.25) is 0 Å². The maximum Gasteiger partial charge on any atom is 0.127 e. The Hall–Kier alpha value is -1.58. The minimum Gasteiger partial charge on any atom is -0.497 e. The van der Waals surface area contributed by atoms with Crippen LogP contribution < -0.4 is 10.1 Å². The first-order chi connectivity index (χ1) is 10.1. The molecule has 1 aliphatic rings. The van der Waals surface area contributed by atoms with Gasteiger partial charge in [0.15, 0.2) is 0 Å². The van der Waals surface area contributed by atoms with Gasteiger partial charge in [-0.15, -0.1) is 0 Å². The highest BCUT2D eigenvalue weighted by atomic mass is 35.5. The smallest absolute Gasteiger partial charge is 0.127 e. The third-order valence-electron chi connectivity index (χ3n) is 4.00. The van der Waals surface area contributed by atoms with Crippen LogP contribution in [0.5, 0.6) is 5.75 Å². The van der Waals surface area contributed by atoms with Gasteiger partial charge in [-0.2, -0.15) is 0 Å². The Morgan fingerprint density at radius 3 is 2.71 bits per heavy atom. The highest BCUT2D eigenvalue weighted by molar-refractivity contribution is 6.30. The third-order valence-corrected chi connectivity index (χ3v) is 4.23. The Morgan fingerprint density at radius 2 is 2.05 bits per heavy atom. The highest BCUT2D eigenvalue weighted by Gasteiger charge is 2.43. The number of benzene rings is 2. The van der Waals surface area contributed by atoms with Crippen LogP contribution in [-0.2, 0) is 12.1 Å². The van der Waals surface area contributed by atoms with E-state index >= 15 is 0 Å². The third kappa shape index (κ3) is 3.04. The summed E-state index contributed by atoms with van der Waals surface area (Å²) in [6, 6.07) is 12.7. The molecule has 21 heavy (non-hydrogen) atoms. The van der Waals surface area contributed by atoms with Crippen LogP contribution in [0.4, 0.5) is 4.39 Å². The fraction of sp³-hybridized carbons (Fsp3) is 0.294. The SMILES string of the molecule is COc1ccc(F)c(CNC2(c3cccc(Cl)c3)CC2)c1. The highest BCUT2D eigenvalue weighted by Crippen LogP contribution is 2.46. The molecule has 1 N–H and O–H groups in total. The van der Waals surface area contributed by atoms with Crippen LogP contribution >= 0.6 is 11.6 Å². The van der Waals surface area contributed by atoms with Gasteiger partial charge >= 0.3 is 0 Å². The van der Waals surface area contributed by atoms with Crippen LogP contribution in [0.1, 0.15) is 24.0 Å². The van der Waals surface area contributed by atoms with Crippen LogP contribution in [0, 0.1) is 5.82 Å². The lowest BCUT2D eigenvalue weighted by Crippen LogP contribution is -2.28. The van der Waals surface area contributed by atoms with Crippen molar-refractivity contribution >= 4 is 11.6 Å². The molecular weight excluding hydrogens is 289 g/mol. The average Bonchev–Trinajstić information content (AvgIpc) is 3.28. The molecule has 0 aliphatic heterocycles. The lowest BCUT2D eigenvalue weighted by atomic mass is 10.0. The van der Waals surface area contributed by atoms with Crippen molar-refractivity contribution in [3.63, 3.8) is 0 Å². The van der Waals surface area contributed by atoms with Crippen molar-refractivity contribution in [1.82, 2.24) is 5.32 Å². The van der Waals surface area contributed by atoms with Crippen LogP contribution in [0.3, 0.4) is 0 Å². The first-order valence-electron chi connectivity index (χ1n) is 6.96. The number of rotatable bonds is 5. The molecule has 1 fully saturated rings. The summed E-state index contributed by atoms with van der Waals surface area (Å²) < 4.78 is 19.0. The molecule has 0 radical (unpaired) electrons. The zero-order valence-electron chi connectivity index (χ0n) is 11.8. The Kier molecular flexibility index (Phi) is 3.87. The fourth-order valence-electron chi connectivity index (χ4n) is 2.56. The van der Waals surface area contributed by atoms with Gasteiger partial charge in [-0.25, -0.2) is 4.39 Å². The molecule has 0 bridgehead atoms. The monoisotopic (exact) mass is 305 g/mol. The maximum absolute atomic E-state index is 13.9. The molecule has 4 heteroatoms. The van der Waals surface area contributed by atoms with E-state index < -0.39 is 0 Å². The van der Waals surface area contributed by atoms with Crippen molar-refractivity contribution < 1.29 is 9.13 Å². The first-order valence-corrected chi connectivity index (χ1v) is 7.34. The summed E-state index contributed by atoms with van der Waals surface area (Å²) in [5, 5.41) is 4.20. The van der Waals surface area contributed by atoms with E-state index in [2.05, 4.69) is 11.4 Å². The molecule has 0 saturated heterocycles. The maximum atomic E-state index is 13.9. The first kappa shape index (κ1) is 14.4. The van der Waals surface area contributed by atoms with Crippen molar-refractivity contribution in [2.45, 2.75) is 24.9 Å². The number of halogens is 2. The van der Waals surface area contributed by atoms with E-state index in [0.29, 0.717) is 17.9 Å². The standard InChI is InChI=1S/C17H17ClFNO/c1-21-15-5-6-16(19)12(9-15)11-20-17(7-8-17)13-3-2-4-14(18)10-13/h2-6,9-10,20H,7-8,11H2,1H3. The predicted molar refractivity (Wildman–Crippen MR) is 82.2 cm³/mol. The van der Waals surface area contributed by atoms with Crippen LogP contribution in [0.15, 0.2) is 42.5 Å². The Labute approximate surface area is 128 Å². The van der Waals surface area contributed by atoms with E-state index in [1.807, 2.05) is 18.2 Å². The van der Waals surface area contributed by atoms with E-state index in [0.717, 1.165) is 17.9 Å². The summed E-state index contributed by atoms with van der Waals surface area (Å²) in [5.41, 5.74) is 1.71. The number of hydrogen-bond donors (Lipinski definition) is 1. The molecule has 0 unspecified atom stereocenters. The van der Waals surface area contributed by atoms with Crippen LogP contribution in [0.25, 0.3) is 0 Å². The van der Waals surface area contributed by atoms with Crippen molar-refractivity contribution in [2.24, 2.45) is 0 Å². The van der Waals surface area contributed by atoms with Crippen LogP contribution in [-0.4, -0.2) is 7.11 Å². The Balaban J connectivity index is 1.76. The summed E-state index contributed by atoms with van der Waals surface area (Å²) >= 11 is 6.06. The minimum atomic E-state index is -0.217. The zero-order chi connectivity index (χ0) is 14.9. The topological polar surface area (TPSA) is 21.3 Å². The summed E-state index contributed by atoms with van der Waals surface area (Å²) in [6.45, 7) is 0.468. The van der Waals surface area contributed by atoms with Gasteiger partial charge < -0.3 is 10.1 Å². The molecule has 2 nitrogen and oxygen atoms in total. The van der Waals surface area contributed by atoms with Gasteiger partial charge in [-0.05, 0) is 48.7 Å². The Morgan fingerprint density at radius 1 is 1.24 bits per heavy atom. The molecule has 0 aromatic heterocycles. The van der Waals surface area contributed by atoms with Crippen molar-refractivity contribution in [1.29, 1.82) is 0 Å². The second kappa shape index (κ2) is 5.66. The molecule has 0 amide bonds. The van der Waals surface area contributed by atoms with Gasteiger partial charge in [0.05, 0.1) is 7.11 Å². The summed E-state index contributed by atoms with van der Waals surface area (Å²) in [5.74, 6) is 0.450. The molecule has 0 atom stereocenters. The van der Waals surface area contributed by atoms with Gasteiger partial charge in [-0.3, -0.25) is 0 Å². The number of nitrogens with one attached hydrogen (secondary N) is 1. The molecule has 2 aromatic rings. The molecule has 1 saturated carbocycles. The number of ether oxygens (including phenoxy) is 1. The molecule has 1 aliphatic carbocycles. The molecule has 110 valence electrons. The predicted octanol–water partition coefficient (Wildman–Crippen LogP) is 4.27. The molecule has 0 spiro atoms. The van der Waals surface area contributed by atoms with E-state index in [1.54, 1.807) is 19.2 Å². The van der Waals surface area contributed by atoms with Crippen molar-refractivity contribution in [2.75, 3.05) is 7.11 Å². The minimum absolute atomic E-state index is 0.0690. The Bertz CT molecular complexity index is 655. The van der Waals surface area contributed by atoms with E-state index in [-0.39, 0.29) is 11.4 Å². The van der Waals surface area contributed by atoms with Crippen molar-refractivity contribution in [3.05, 3.63) is 64.4 Å². The van der Waals surface area contributed by atoms with Gasteiger partial charge in [-0.1, -0.05) is 23.7 Å². The summed E-state index contributed by atoms with van der Waals surface area (Å²) in [6.07, 6.45) is 2.08. The summed E-state index contributed by atoms with van der Waals surface area (Å²) in [4.78, 5) is 0. The summed E-state index contributed by atoms with van der Waals surface area (Å²) in [7, 11) is 1.58. The van der Waals surface area contributed by atoms with E-state index in [4.69, 9.17) is 16.3 Å². The van der Waals surface area contributed by atoms with Gasteiger partial charge in [0.1, 0.15) is 11.6 Å². The largest absolute Gasteiger partial charge is 0.497 e. The van der Waals surface area contributed by atoms with E-state index in [9.17, 15) is 4.39 Å². The molecule has 2 aromatic carbocycles. The molecular formula is C17H17ClFNO. The van der Waals surface area contributed by atoms with E-state index in [1.165, 1.54) is 11.6 Å². The zero-order valence-corrected chi connectivity index (χ0v) is 12.6. The van der Waals surface area contributed by atoms with Gasteiger partial charge in [0.25, 0.3) is 0 Å². The van der Waals surface area contributed by atoms with Crippen LogP contribution in [0.2, 0.25) is 5.02 Å². The molecule has 3 rings (SSSR count). The second-order valence-electron chi connectivity index (χ2n) is 5.40. The lowest BCUT2D eigenvalue weighted by molar-refractivity contribution is 0.411. The van der Waals surface area contributed by atoms with Gasteiger partial charge in [0, 0.05) is 22.7 Å². The van der Waals surface area contributed by atoms with Crippen molar-refractivity contribution in [3.8, 4) is 5.75 Å². The second-order valence-corrected chi connectivity index (χ2v) is 5.84.